The van der Waals surface area contributed by atoms with Crippen LogP contribution in [0.1, 0.15) is 33.3 Å². The summed E-state index contributed by atoms with van der Waals surface area (Å²) in [4.78, 5) is 36.0. The molecular weight excluding hydrogens is 352 g/mol. The van der Waals surface area contributed by atoms with Crippen LogP contribution in [0.5, 0.6) is 11.5 Å². The normalized spacial score (nSPS) is 15.3. The number of nitrogens with zero attached hydrogens (tertiary/aromatic N) is 1. The van der Waals surface area contributed by atoms with Crippen molar-refractivity contribution in [1.82, 2.24) is 10.2 Å². The number of amides is 2. The first-order valence-electron chi connectivity index (χ1n) is 8.81. The van der Waals surface area contributed by atoms with Gasteiger partial charge in [0.1, 0.15) is 11.6 Å². The van der Waals surface area contributed by atoms with Crippen LogP contribution in [0.3, 0.4) is 0 Å². The fourth-order valence-electron chi connectivity index (χ4n) is 2.94. The lowest BCUT2D eigenvalue weighted by Crippen LogP contribution is -2.48. The van der Waals surface area contributed by atoms with E-state index >= 15 is 0 Å². The zero-order chi connectivity index (χ0) is 20.2. The van der Waals surface area contributed by atoms with Crippen LogP contribution in [0.25, 0.3) is 0 Å². The molecule has 0 bridgehead atoms. The summed E-state index contributed by atoms with van der Waals surface area (Å²) in [5, 5.41) is 11.8. The second-order valence-corrected chi connectivity index (χ2v) is 7.16. The van der Waals surface area contributed by atoms with Crippen molar-refractivity contribution in [2.75, 3.05) is 19.7 Å². The second kappa shape index (κ2) is 8.28. The van der Waals surface area contributed by atoms with Crippen LogP contribution in [-0.2, 0) is 20.8 Å². The van der Waals surface area contributed by atoms with E-state index < -0.39 is 17.9 Å². The minimum Gasteiger partial charge on any atom is -0.483 e. The molecule has 2 amide bonds. The van der Waals surface area contributed by atoms with Crippen LogP contribution in [0, 0.1) is 0 Å². The van der Waals surface area contributed by atoms with Gasteiger partial charge in [-0.1, -0.05) is 12.1 Å². The summed E-state index contributed by atoms with van der Waals surface area (Å²) < 4.78 is 11.5. The molecule has 27 heavy (non-hydrogen) atoms. The highest BCUT2D eigenvalue weighted by atomic mass is 16.5. The third kappa shape index (κ3) is 5.35. The van der Waals surface area contributed by atoms with Crippen molar-refractivity contribution in [3.63, 3.8) is 0 Å². The average Bonchev–Trinajstić information content (AvgIpc) is 2.90. The molecule has 2 rings (SSSR count). The first-order valence-corrected chi connectivity index (χ1v) is 8.81. The monoisotopic (exact) mass is 378 g/mol. The number of carbonyl (C=O) groups is 3. The van der Waals surface area contributed by atoms with E-state index in [-0.39, 0.29) is 31.2 Å². The Balaban J connectivity index is 2.04. The summed E-state index contributed by atoms with van der Waals surface area (Å²) in [5.41, 5.74) is 0.667. The molecule has 2 N–H and O–H groups in total. The van der Waals surface area contributed by atoms with Crippen LogP contribution >= 0.6 is 0 Å². The van der Waals surface area contributed by atoms with Gasteiger partial charge in [0, 0.05) is 32.0 Å². The smallest absolute Gasteiger partial charge is 0.326 e. The molecule has 8 heteroatoms. The maximum Gasteiger partial charge on any atom is 0.326 e. The Labute approximate surface area is 158 Å². The van der Waals surface area contributed by atoms with Crippen LogP contribution < -0.4 is 14.8 Å². The fraction of sp³-hybridized carbons (Fsp3) is 0.526. The number of fused-ring (bicyclic) bond motifs is 1. The van der Waals surface area contributed by atoms with Gasteiger partial charge in [0.2, 0.25) is 5.91 Å². The van der Waals surface area contributed by atoms with Crippen molar-refractivity contribution in [2.45, 2.75) is 45.8 Å². The van der Waals surface area contributed by atoms with Crippen molar-refractivity contribution < 1.29 is 29.0 Å². The van der Waals surface area contributed by atoms with E-state index in [2.05, 4.69) is 5.32 Å². The Morgan fingerprint density at radius 3 is 2.70 bits per heavy atom. The number of carboxylic acid groups (broad SMARTS) is 1. The Hall–Kier alpha value is -2.77. The molecule has 0 fully saturated rings. The molecule has 1 unspecified atom stereocenters. The summed E-state index contributed by atoms with van der Waals surface area (Å²) in [5.74, 6) is -0.786. The number of hydrogen-bond acceptors (Lipinski definition) is 5. The van der Waals surface area contributed by atoms with Gasteiger partial charge in [0.05, 0.1) is 0 Å². The van der Waals surface area contributed by atoms with E-state index in [0.29, 0.717) is 11.5 Å². The average molecular weight is 378 g/mol. The van der Waals surface area contributed by atoms with Gasteiger partial charge in [-0.3, -0.25) is 9.59 Å². The number of hydrogen-bond donors (Lipinski definition) is 2. The molecule has 1 aromatic rings. The first-order chi connectivity index (χ1) is 12.6. The van der Waals surface area contributed by atoms with E-state index in [9.17, 15) is 19.5 Å². The summed E-state index contributed by atoms with van der Waals surface area (Å²) in [6.07, 6.45) is 0.742. The number of rotatable bonds is 8. The molecule has 1 atom stereocenters. The lowest BCUT2D eigenvalue weighted by molar-refractivity contribution is -0.150. The molecular formula is C19H26N2O6. The van der Waals surface area contributed by atoms with E-state index in [1.807, 2.05) is 26.0 Å². The van der Waals surface area contributed by atoms with Gasteiger partial charge in [0.15, 0.2) is 18.1 Å². The minimum absolute atomic E-state index is 0.0751. The topological polar surface area (TPSA) is 105 Å². The van der Waals surface area contributed by atoms with Crippen molar-refractivity contribution in [3.05, 3.63) is 23.8 Å². The lowest BCUT2D eigenvalue weighted by atomic mass is 10.0. The Kier molecular flexibility index (Phi) is 6.30. The molecule has 0 aromatic heterocycles. The molecule has 1 aromatic carbocycles. The van der Waals surface area contributed by atoms with E-state index in [1.165, 1.54) is 18.7 Å². The SMILES string of the molecule is CC(=O)NCCN(C(=O)COc1cccc2c1OC(C)(C)C2)C(C)C(=O)O. The zero-order valence-corrected chi connectivity index (χ0v) is 16.1. The molecule has 8 nitrogen and oxygen atoms in total. The van der Waals surface area contributed by atoms with Crippen molar-refractivity contribution in [1.29, 1.82) is 0 Å². The number of benzene rings is 1. The molecule has 0 saturated carbocycles. The van der Waals surface area contributed by atoms with Crippen molar-refractivity contribution >= 4 is 17.8 Å². The van der Waals surface area contributed by atoms with Crippen molar-refractivity contribution in [2.24, 2.45) is 0 Å². The van der Waals surface area contributed by atoms with Gasteiger partial charge < -0.3 is 24.8 Å². The maximum atomic E-state index is 12.5. The molecule has 1 heterocycles. The molecule has 1 aliphatic heterocycles. The number of carboxylic acids is 1. The fourth-order valence-corrected chi connectivity index (χ4v) is 2.94. The number of ether oxygens (including phenoxy) is 2. The van der Waals surface area contributed by atoms with Crippen LogP contribution in [0.15, 0.2) is 18.2 Å². The van der Waals surface area contributed by atoms with Crippen LogP contribution in [0.2, 0.25) is 0 Å². The zero-order valence-electron chi connectivity index (χ0n) is 16.1. The largest absolute Gasteiger partial charge is 0.483 e. The highest BCUT2D eigenvalue weighted by Crippen LogP contribution is 2.41. The van der Waals surface area contributed by atoms with Gasteiger partial charge in [-0.25, -0.2) is 4.79 Å². The predicted molar refractivity (Wildman–Crippen MR) is 97.8 cm³/mol. The van der Waals surface area contributed by atoms with Crippen molar-refractivity contribution in [3.8, 4) is 11.5 Å². The number of nitrogens with one attached hydrogen (secondary N) is 1. The second-order valence-electron chi connectivity index (χ2n) is 7.16. The minimum atomic E-state index is -1.13. The summed E-state index contributed by atoms with van der Waals surface area (Å²) in [7, 11) is 0. The summed E-state index contributed by atoms with van der Waals surface area (Å²) >= 11 is 0. The van der Waals surface area contributed by atoms with Gasteiger partial charge in [-0.2, -0.15) is 0 Å². The first kappa shape index (κ1) is 20.5. The Bertz CT molecular complexity index is 731. The summed E-state index contributed by atoms with van der Waals surface area (Å²) in [6.45, 7) is 6.63. The summed E-state index contributed by atoms with van der Waals surface area (Å²) in [6, 6.07) is 4.46. The predicted octanol–water partition coefficient (Wildman–Crippen LogP) is 1.22. The highest BCUT2D eigenvalue weighted by Gasteiger charge is 2.33. The van der Waals surface area contributed by atoms with E-state index in [1.54, 1.807) is 6.07 Å². The molecule has 0 radical (unpaired) electrons. The third-order valence-corrected chi connectivity index (χ3v) is 4.28. The standard InChI is InChI=1S/C19H26N2O6/c1-12(18(24)25)21(9-8-20-13(2)22)16(23)11-26-15-7-5-6-14-10-19(3,4)27-17(14)15/h5-7,12H,8-11H2,1-4H3,(H,20,22)(H,24,25). The third-order valence-electron chi connectivity index (χ3n) is 4.28. The number of aliphatic carboxylic acids is 1. The Morgan fingerprint density at radius 2 is 2.07 bits per heavy atom. The van der Waals surface area contributed by atoms with E-state index in [0.717, 1.165) is 12.0 Å². The molecule has 1 aliphatic rings. The number of carbonyl (C=O) groups excluding carboxylic acids is 2. The lowest BCUT2D eigenvalue weighted by Gasteiger charge is -2.26. The Morgan fingerprint density at radius 1 is 1.37 bits per heavy atom. The quantitative estimate of drug-likeness (QED) is 0.705. The van der Waals surface area contributed by atoms with E-state index in [4.69, 9.17) is 9.47 Å². The van der Waals surface area contributed by atoms with Crippen LogP contribution in [0.4, 0.5) is 0 Å². The van der Waals surface area contributed by atoms with Gasteiger partial charge in [-0.15, -0.1) is 0 Å². The molecule has 0 aliphatic carbocycles. The molecule has 0 saturated heterocycles. The highest BCUT2D eigenvalue weighted by molar-refractivity contribution is 5.84. The molecule has 0 spiro atoms. The van der Waals surface area contributed by atoms with Gasteiger partial charge in [0.25, 0.3) is 5.91 Å². The maximum absolute atomic E-state index is 12.5. The van der Waals surface area contributed by atoms with Gasteiger partial charge in [-0.05, 0) is 26.8 Å². The van der Waals surface area contributed by atoms with Crippen LogP contribution in [-0.4, -0.2) is 59.1 Å². The van der Waals surface area contributed by atoms with Gasteiger partial charge >= 0.3 is 5.97 Å². The number of para-hydroxylation sites is 1. The molecule has 148 valence electrons.